The van der Waals surface area contributed by atoms with Gasteiger partial charge in [0.2, 0.25) is 0 Å². The van der Waals surface area contributed by atoms with Crippen molar-refractivity contribution in [1.29, 1.82) is 0 Å². The third-order valence-electron chi connectivity index (χ3n) is 4.41. The van der Waals surface area contributed by atoms with E-state index in [-0.39, 0.29) is 18.0 Å². The number of nitrogens with zero attached hydrogens (tertiary/aromatic N) is 1. The summed E-state index contributed by atoms with van der Waals surface area (Å²) in [5, 5.41) is 1.51. The molecule has 3 nitrogen and oxygen atoms in total. The zero-order valence-corrected chi connectivity index (χ0v) is 14.2. The van der Waals surface area contributed by atoms with Crippen molar-refractivity contribution in [3.63, 3.8) is 0 Å². The van der Waals surface area contributed by atoms with Crippen LogP contribution in [0.15, 0.2) is 48.5 Å². The van der Waals surface area contributed by atoms with Crippen LogP contribution in [0.5, 0.6) is 0 Å². The maximum atomic E-state index is 13.0. The molecule has 2 atom stereocenters. The van der Waals surface area contributed by atoms with Gasteiger partial charge < -0.3 is 4.74 Å². The number of carbonyl (C=O) groups excluding carboxylic acids is 1. The molecule has 0 amide bonds. The van der Waals surface area contributed by atoms with Gasteiger partial charge in [-0.2, -0.15) is 0 Å². The average Bonchev–Trinajstić information content (AvgIpc) is 3.31. The number of hydrogen-bond acceptors (Lipinski definition) is 3. The van der Waals surface area contributed by atoms with Crippen LogP contribution in [0.25, 0.3) is 22.0 Å². The molecule has 2 heterocycles. The van der Waals surface area contributed by atoms with Crippen molar-refractivity contribution in [2.75, 3.05) is 0 Å². The lowest BCUT2D eigenvalue weighted by molar-refractivity contribution is 0.0953. The summed E-state index contributed by atoms with van der Waals surface area (Å²) >= 11 is 6.21. The van der Waals surface area contributed by atoms with E-state index in [0.717, 1.165) is 27.7 Å². The van der Waals surface area contributed by atoms with Crippen molar-refractivity contribution in [2.45, 2.75) is 26.1 Å². The molecule has 1 saturated heterocycles. The molecule has 3 aromatic rings. The van der Waals surface area contributed by atoms with Gasteiger partial charge in [-0.25, -0.2) is 0 Å². The number of fused-ring (bicyclic) bond motifs is 1. The summed E-state index contributed by atoms with van der Waals surface area (Å²) in [6.07, 6.45) is -0.403. The Labute approximate surface area is 145 Å². The molecule has 4 rings (SSSR count). The van der Waals surface area contributed by atoms with E-state index in [0.29, 0.717) is 10.6 Å². The summed E-state index contributed by atoms with van der Waals surface area (Å²) in [7, 11) is 0. The van der Waals surface area contributed by atoms with Gasteiger partial charge in [-0.3, -0.25) is 9.78 Å². The van der Waals surface area contributed by atoms with Crippen LogP contribution in [0.4, 0.5) is 0 Å². The summed E-state index contributed by atoms with van der Waals surface area (Å²) in [5.41, 5.74) is 4.04. The zero-order chi connectivity index (χ0) is 16.8. The number of halogens is 1. The molecule has 4 heteroatoms. The van der Waals surface area contributed by atoms with Crippen LogP contribution in [0, 0.1) is 6.92 Å². The predicted octanol–water partition coefficient (Wildman–Crippen LogP) is 4.83. The molecule has 1 aliphatic heterocycles. The molecule has 0 bridgehead atoms. The predicted molar refractivity (Wildman–Crippen MR) is 95.6 cm³/mol. The largest absolute Gasteiger partial charge is 0.361 e. The number of Topliss-reactive ketones (excluding diaryl/α,β-unsaturated/α-hetero) is 1. The second kappa shape index (κ2) is 5.69. The molecule has 120 valence electrons. The van der Waals surface area contributed by atoms with E-state index in [2.05, 4.69) is 4.98 Å². The van der Waals surface area contributed by atoms with Crippen LogP contribution in [-0.4, -0.2) is 23.0 Å². The van der Waals surface area contributed by atoms with Crippen molar-refractivity contribution < 1.29 is 9.53 Å². The van der Waals surface area contributed by atoms with E-state index in [1.54, 1.807) is 0 Å². The summed E-state index contributed by atoms with van der Waals surface area (Å²) in [4.78, 5) is 17.6. The van der Waals surface area contributed by atoms with Crippen LogP contribution >= 0.6 is 11.6 Å². The number of ketones is 1. The summed E-state index contributed by atoms with van der Waals surface area (Å²) in [6, 6.07) is 15.5. The molecule has 0 spiro atoms. The minimum Gasteiger partial charge on any atom is -0.361 e. The average molecular weight is 338 g/mol. The van der Waals surface area contributed by atoms with Crippen LogP contribution < -0.4 is 0 Å². The first kappa shape index (κ1) is 15.3. The Kier molecular flexibility index (Phi) is 3.63. The first-order valence-electron chi connectivity index (χ1n) is 7.91. The Bertz CT molecular complexity index is 953. The first-order chi connectivity index (χ1) is 11.6. The SMILES string of the molecule is Cc1nc2ccc(Cl)cc2c(-c2ccccc2)c1C(=O)[C@@H]1O[C@H]1C. The second-order valence-corrected chi connectivity index (χ2v) is 6.54. The molecule has 0 saturated carbocycles. The number of pyridine rings is 1. The van der Waals surface area contributed by atoms with Crippen LogP contribution in [-0.2, 0) is 4.74 Å². The van der Waals surface area contributed by atoms with Gasteiger partial charge in [-0.05, 0) is 37.6 Å². The third-order valence-corrected chi connectivity index (χ3v) is 4.64. The standard InChI is InChI=1S/C20H16ClNO2/c1-11-17(19(23)20-12(2)24-20)18(13-6-4-3-5-7-13)15-10-14(21)8-9-16(15)22-11/h3-10,12,20H,1-2H3/t12-,20+/m0/s1. The van der Waals surface area contributed by atoms with E-state index in [1.165, 1.54) is 0 Å². The molecule has 0 N–H and O–H groups in total. The molecule has 1 aromatic heterocycles. The molecule has 1 fully saturated rings. The van der Waals surface area contributed by atoms with Crippen LogP contribution in [0.3, 0.4) is 0 Å². The van der Waals surface area contributed by atoms with E-state index >= 15 is 0 Å². The van der Waals surface area contributed by atoms with E-state index in [9.17, 15) is 4.79 Å². The monoisotopic (exact) mass is 337 g/mol. The minimum absolute atomic E-state index is 0.00627. The number of hydrogen-bond donors (Lipinski definition) is 0. The van der Waals surface area contributed by atoms with Gasteiger partial charge in [-0.1, -0.05) is 41.9 Å². The lowest BCUT2D eigenvalue weighted by atomic mass is 9.91. The number of ether oxygens (including phenoxy) is 1. The maximum absolute atomic E-state index is 13.0. The Morgan fingerprint density at radius 3 is 2.54 bits per heavy atom. The van der Waals surface area contributed by atoms with Gasteiger partial charge in [0.25, 0.3) is 0 Å². The fourth-order valence-electron chi connectivity index (χ4n) is 3.17. The zero-order valence-electron chi connectivity index (χ0n) is 13.4. The number of epoxide rings is 1. The Balaban J connectivity index is 2.06. The lowest BCUT2D eigenvalue weighted by Gasteiger charge is -2.15. The molecule has 2 aromatic carbocycles. The third kappa shape index (κ3) is 2.50. The summed E-state index contributed by atoms with van der Waals surface area (Å²) < 4.78 is 5.41. The van der Waals surface area contributed by atoms with E-state index in [4.69, 9.17) is 16.3 Å². The lowest BCUT2D eigenvalue weighted by Crippen LogP contribution is -2.14. The van der Waals surface area contributed by atoms with Gasteiger partial charge in [-0.15, -0.1) is 0 Å². The summed E-state index contributed by atoms with van der Waals surface area (Å²) in [5.74, 6) is -0.00627. The van der Waals surface area contributed by atoms with Gasteiger partial charge in [0.15, 0.2) is 5.78 Å². The molecular weight excluding hydrogens is 322 g/mol. The molecule has 0 unspecified atom stereocenters. The van der Waals surface area contributed by atoms with Crippen molar-refractivity contribution >= 4 is 28.3 Å². The van der Waals surface area contributed by atoms with Crippen LogP contribution in [0.1, 0.15) is 23.0 Å². The highest BCUT2D eigenvalue weighted by Crippen LogP contribution is 2.37. The second-order valence-electron chi connectivity index (χ2n) is 6.10. The van der Waals surface area contributed by atoms with Gasteiger partial charge >= 0.3 is 0 Å². The first-order valence-corrected chi connectivity index (χ1v) is 8.29. The van der Waals surface area contributed by atoms with Gasteiger partial charge in [0, 0.05) is 21.7 Å². The van der Waals surface area contributed by atoms with Gasteiger partial charge in [0.1, 0.15) is 6.10 Å². The smallest absolute Gasteiger partial charge is 0.196 e. The van der Waals surface area contributed by atoms with Crippen molar-refractivity contribution in [1.82, 2.24) is 4.98 Å². The van der Waals surface area contributed by atoms with Crippen molar-refractivity contribution in [3.8, 4) is 11.1 Å². The fourth-order valence-corrected chi connectivity index (χ4v) is 3.34. The number of benzene rings is 2. The number of aromatic nitrogens is 1. The van der Waals surface area contributed by atoms with E-state index < -0.39 is 0 Å². The molecule has 0 aliphatic carbocycles. The number of rotatable bonds is 3. The normalized spacial score (nSPS) is 19.5. The number of carbonyl (C=O) groups is 1. The molecule has 24 heavy (non-hydrogen) atoms. The Hall–Kier alpha value is -2.23. The topological polar surface area (TPSA) is 42.5 Å². The highest BCUT2D eigenvalue weighted by molar-refractivity contribution is 6.31. The van der Waals surface area contributed by atoms with Crippen molar-refractivity contribution in [3.05, 3.63) is 64.8 Å². The Morgan fingerprint density at radius 1 is 1.17 bits per heavy atom. The molecule has 1 aliphatic rings. The minimum atomic E-state index is -0.371. The van der Waals surface area contributed by atoms with Crippen LogP contribution in [0.2, 0.25) is 5.02 Å². The maximum Gasteiger partial charge on any atom is 0.196 e. The van der Waals surface area contributed by atoms with Gasteiger partial charge in [0.05, 0.1) is 17.2 Å². The number of aryl methyl sites for hydroxylation is 1. The van der Waals surface area contributed by atoms with Crippen molar-refractivity contribution in [2.24, 2.45) is 0 Å². The fraction of sp³-hybridized carbons (Fsp3) is 0.200. The quantitative estimate of drug-likeness (QED) is 0.507. The summed E-state index contributed by atoms with van der Waals surface area (Å²) in [6.45, 7) is 3.78. The van der Waals surface area contributed by atoms with E-state index in [1.807, 2.05) is 62.4 Å². The Morgan fingerprint density at radius 2 is 1.88 bits per heavy atom. The highest BCUT2D eigenvalue weighted by Gasteiger charge is 2.43. The molecule has 0 radical (unpaired) electrons. The highest BCUT2D eigenvalue weighted by atomic mass is 35.5. The molecular formula is C20H16ClNO2.